The van der Waals surface area contributed by atoms with E-state index in [1.165, 1.54) is 30.8 Å². The average Bonchev–Trinajstić information content (AvgIpc) is 2.72. The fourth-order valence-corrected chi connectivity index (χ4v) is 4.70. The number of ketones is 1. The van der Waals surface area contributed by atoms with Gasteiger partial charge in [0.05, 0.1) is 27.5 Å². The normalized spacial score (nSPS) is 16.1. The molecule has 152 valence electrons. The highest BCUT2D eigenvalue weighted by atomic mass is 79.9. The molecule has 0 aromatic heterocycles. The fraction of sp³-hybridized carbons (Fsp3) is 0.182. The first kappa shape index (κ1) is 21.8. The van der Waals surface area contributed by atoms with Gasteiger partial charge in [-0.1, -0.05) is 40.2 Å². The summed E-state index contributed by atoms with van der Waals surface area (Å²) in [6, 6.07) is 16.3. The summed E-state index contributed by atoms with van der Waals surface area (Å²) < 4.78 is 0.910. The molecular formula is C22H18BrN3O3S. The Morgan fingerprint density at radius 3 is 2.60 bits per heavy atom. The van der Waals surface area contributed by atoms with Gasteiger partial charge in [0.25, 0.3) is 5.69 Å². The highest BCUT2D eigenvalue weighted by molar-refractivity contribution is 9.10. The number of nitrogens with zero attached hydrogens (tertiary/aromatic N) is 2. The number of carbonyl (C=O) groups excluding carboxylic acids is 1. The number of carbonyl (C=O) groups is 1. The number of nitro groups is 1. The molecule has 0 aliphatic carbocycles. The second-order valence-electron chi connectivity index (χ2n) is 6.77. The van der Waals surface area contributed by atoms with E-state index in [0.717, 1.165) is 15.6 Å². The molecule has 0 saturated carbocycles. The fourth-order valence-electron chi connectivity index (χ4n) is 3.40. The van der Waals surface area contributed by atoms with Crippen LogP contribution in [0.4, 0.5) is 5.69 Å². The Morgan fingerprint density at radius 1 is 1.30 bits per heavy atom. The largest absolute Gasteiger partial charge is 0.353 e. The highest BCUT2D eigenvalue weighted by Gasteiger charge is 2.33. The minimum atomic E-state index is -0.463. The first-order chi connectivity index (χ1) is 14.3. The van der Waals surface area contributed by atoms with E-state index in [0.29, 0.717) is 27.6 Å². The first-order valence-electron chi connectivity index (χ1n) is 9.06. The molecule has 1 aliphatic rings. The van der Waals surface area contributed by atoms with E-state index in [9.17, 15) is 20.2 Å². The number of allylic oxidation sites excluding steroid dienone is 3. The summed E-state index contributed by atoms with van der Waals surface area (Å²) in [4.78, 5) is 23.0. The molecule has 1 heterocycles. The van der Waals surface area contributed by atoms with Crippen LogP contribution in [0.25, 0.3) is 0 Å². The SMILES string of the molecule is CC(=O)C1=C(C)NC(SCc2cccc([N+](=O)[O-])c2)=C(C#N)C1c1ccc(Br)cc1. The molecule has 8 heteroatoms. The zero-order valence-electron chi connectivity index (χ0n) is 16.3. The quantitative estimate of drug-likeness (QED) is 0.425. The van der Waals surface area contributed by atoms with Gasteiger partial charge < -0.3 is 5.32 Å². The first-order valence-corrected chi connectivity index (χ1v) is 10.8. The lowest BCUT2D eigenvalue weighted by Gasteiger charge is -2.29. The Hall–Kier alpha value is -2.89. The van der Waals surface area contributed by atoms with E-state index in [2.05, 4.69) is 27.3 Å². The summed E-state index contributed by atoms with van der Waals surface area (Å²) in [7, 11) is 0. The van der Waals surface area contributed by atoms with Crippen molar-refractivity contribution in [3.63, 3.8) is 0 Å². The molecule has 2 aromatic rings. The van der Waals surface area contributed by atoms with Crippen molar-refractivity contribution in [1.29, 1.82) is 5.26 Å². The van der Waals surface area contributed by atoms with Gasteiger partial charge in [-0.3, -0.25) is 14.9 Å². The van der Waals surface area contributed by atoms with Gasteiger partial charge >= 0.3 is 0 Å². The smallest absolute Gasteiger partial charge is 0.269 e. The number of nitriles is 1. The molecule has 0 saturated heterocycles. The van der Waals surface area contributed by atoms with Gasteiger partial charge in [0.15, 0.2) is 5.78 Å². The molecule has 0 amide bonds. The Labute approximate surface area is 187 Å². The number of nitrogens with one attached hydrogen (secondary N) is 1. The molecule has 1 unspecified atom stereocenters. The van der Waals surface area contributed by atoms with E-state index in [1.807, 2.05) is 37.3 Å². The third-order valence-corrected chi connectivity index (χ3v) is 6.35. The Bertz CT molecular complexity index is 1120. The number of hydrogen-bond acceptors (Lipinski definition) is 6. The lowest BCUT2D eigenvalue weighted by molar-refractivity contribution is -0.384. The van der Waals surface area contributed by atoms with Crippen molar-refractivity contribution in [2.45, 2.75) is 25.5 Å². The maximum atomic E-state index is 12.4. The van der Waals surface area contributed by atoms with Gasteiger partial charge in [-0.2, -0.15) is 5.26 Å². The molecule has 1 aliphatic heterocycles. The topological polar surface area (TPSA) is 96.0 Å². The molecule has 3 rings (SSSR count). The maximum Gasteiger partial charge on any atom is 0.269 e. The van der Waals surface area contributed by atoms with Crippen LogP contribution in [0.15, 0.2) is 74.9 Å². The van der Waals surface area contributed by atoms with Crippen molar-refractivity contribution in [2.24, 2.45) is 0 Å². The summed E-state index contributed by atoms with van der Waals surface area (Å²) in [5, 5.41) is 24.8. The average molecular weight is 484 g/mol. The minimum absolute atomic E-state index is 0.0295. The van der Waals surface area contributed by atoms with Crippen LogP contribution in [0.5, 0.6) is 0 Å². The van der Waals surface area contributed by atoms with Gasteiger partial charge in [-0.25, -0.2) is 0 Å². The summed E-state index contributed by atoms with van der Waals surface area (Å²) in [5.41, 5.74) is 3.39. The molecule has 1 N–H and O–H groups in total. The van der Waals surface area contributed by atoms with Crippen LogP contribution in [-0.2, 0) is 10.5 Å². The van der Waals surface area contributed by atoms with Gasteiger partial charge in [0.2, 0.25) is 0 Å². The second kappa shape index (κ2) is 9.28. The van der Waals surface area contributed by atoms with Crippen molar-refractivity contribution in [2.75, 3.05) is 0 Å². The minimum Gasteiger partial charge on any atom is -0.353 e. The molecule has 0 radical (unpaired) electrons. The molecular weight excluding hydrogens is 466 g/mol. The Morgan fingerprint density at radius 2 is 2.00 bits per heavy atom. The van der Waals surface area contributed by atoms with Crippen molar-refractivity contribution in [1.82, 2.24) is 5.32 Å². The number of Topliss-reactive ketones (excluding diaryl/α,β-unsaturated/α-hetero) is 1. The number of benzene rings is 2. The van der Waals surface area contributed by atoms with E-state index in [1.54, 1.807) is 6.07 Å². The van der Waals surface area contributed by atoms with Gasteiger partial charge in [-0.15, -0.1) is 11.8 Å². The second-order valence-corrected chi connectivity index (χ2v) is 8.68. The third kappa shape index (κ3) is 4.64. The Kier molecular flexibility index (Phi) is 6.75. The molecule has 6 nitrogen and oxygen atoms in total. The van der Waals surface area contributed by atoms with Crippen LogP contribution in [0.3, 0.4) is 0 Å². The van der Waals surface area contributed by atoms with Crippen molar-refractivity contribution >= 4 is 39.2 Å². The zero-order valence-corrected chi connectivity index (χ0v) is 18.7. The molecule has 0 bridgehead atoms. The number of halogens is 1. The molecule has 0 spiro atoms. The predicted molar refractivity (Wildman–Crippen MR) is 120 cm³/mol. The van der Waals surface area contributed by atoms with E-state index < -0.39 is 10.8 Å². The zero-order chi connectivity index (χ0) is 21.8. The summed E-state index contributed by atoms with van der Waals surface area (Å²) >= 11 is 4.81. The summed E-state index contributed by atoms with van der Waals surface area (Å²) in [6.07, 6.45) is 0. The van der Waals surface area contributed by atoms with Gasteiger partial charge in [0.1, 0.15) is 0 Å². The van der Waals surface area contributed by atoms with Gasteiger partial charge in [-0.05, 0) is 37.1 Å². The lowest BCUT2D eigenvalue weighted by Crippen LogP contribution is -2.27. The number of dihydropyridines is 1. The molecule has 1 atom stereocenters. The van der Waals surface area contributed by atoms with E-state index in [4.69, 9.17) is 0 Å². The van der Waals surface area contributed by atoms with Crippen molar-refractivity contribution < 1.29 is 9.72 Å². The number of rotatable bonds is 6. The molecule has 0 fully saturated rings. The van der Waals surface area contributed by atoms with Gasteiger partial charge in [0, 0.05) is 33.6 Å². The van der Waals surface area contributed by atoms with Crippen LogP contribution in [0.2, 0.25) is 0 Å². The third-order valence-electron chi connectivity index (χ3n) is 4.73. The number of hydrogen-bond donors (Lipinski definition) is 1. The molecule has 30 heavy (non-hydrogen) atoms. The standard InChI is InChI=1S/C22H18BrN3O3S/c1-13-20(14(2)27)21(16-6-8-17(23)9-7-16)19(11-24)22(25-13)30-12-15-4-3-5-18(10-15)26(28)29/h3-10,21,25H,12H2,1-2H3. The van der Waals surface area contributed by atoms with Crippen LogP contribution in [-0.4, -0.2) is 10.7 Å². The number of nitro benzene ring substituents is 1. The lowest BCUT2D eigenvalue weighted by atomic mass is 9.81. The number of thioether (sulfide) groups is 1. The summed E-state index contributed by atoms with van der Waals surface area (Å²) in [5.74, 6) is -0.108. The van der Waals surface area contributed by atoms with Crippen LogP contribution in [0, 0.1) is 21.4 Å². The highest BCUT2D eigenvalue weighted by Crippen LogP contribution is 2.41. The van der Waals surface area contributed by atoms with Crippen molar-refractivity contribution in [3.8, 4) is 6.07 Å². The summed E-state index contributed by atoms with van der Waals surface area (Å²) in [6.45, 7) is 3.33. The van der Waals surface area contributed by atoms with Crippen LogP contribution < -0.4 is 5.32 Å². The maximum absolute atomic E-state index is 12.4. The Balaban J connectivity index is 1.98. The molecule has 2 aromatic carbocycles. The van der Waals surface area contributed by atoms with E-state index in [-0.39, 0.29) is 11.5 Å². The van der Waals surface area contributed by atoms with Crippen molar-refractivity contribution in [3.05, 3.63) is 96.1 Å². The number of non-ortho nitro benzene ring substituents is 1. The van der Waals surface area contributed by atoms with Crippen LogP contribution in [0.1, 0.15) is 30.9 Å². The van der Waals surface area contributed by atoms with Crippen LogP contribution >= 0.6 is 27.7 Å². The predicted octanol–water partition coefficient (Wildman–Crippen LogP) is 5.58. The monoisotopic (exact) mass is 483 g/mol. The van der Waals surface area contributed by atoms with E-state index >= 15 is 0 Å².